The van der Waals surface area contributed by atoms with Crippen LogP contribution in [0.15, 0.2) is 69.3 Å². The molecular weight excluding hydrogens is 374 g/mol. The van der Waals surface area contributed by atoms with E-state index < -0.39 is 5.91 Å². The summed E-state index contributed by atoms with van der Waals surface area (Å²) in [5.41, 5.74) is 11.9. The summed E-state index contributed by atoms with van der Waals surface area (Å²) in [6.07, 6.45) is 13.0. The van der Waals surface area contributed by atoms with Crippen LogP contribution in [0.2, 0.25) is 0 Å². The van der Waals surface area contributed by atoms with E-state index in [0.717, 1.165) is 17.3 Å². The number of amidine groups is 1. The average molecular weight is 404 g/mol. The lowest BCUT2D eigenvalue weighted by Gasteiger charge is -2.12. The number of aliphatic hydroxyl groups is 1. The molecule has 0 aromatic heterocycles. The summed E-state index contributed by atoms with van der Waals surface area (Å²) in [4.78, 5) is 19.9. The molecule has 1 amide bonds. The topological polar surface area (TPSA) is 126 Å². The Labute approximate surface area is 170 Å². The summed E-state index contributed by atoms with van der Waals surface area (Å²) in [6.45, 7) is 7.20. The van der Waals surface area contributed by atoms with Gasteiger partial charge in [-0.15, -0.1) is 0 Å². The minimum atomic E-state index is -0.463. The van der Waals surface area contributed by atoms with Crippen LogP contribution in [0.3, 0.4) is 0 Å². The molecule has 2 aliphatic rings. The molecule has 0 fully saturated rings. The van der Waals surface area contributed by atoms with Gasteiger partial charge in [-0.05, 0) is 32.6 Å². The van der Waals surface area contributed by atoms with E-state index in [-0.39, 0.29) is 17.2 Å². The maximum Gasteiger partial charge on any atom is 0.276 e. The van der Waals surface area contributed by atoms with Gasteiger partial charge in [-0.25, -0.2) is 0 Å². The van der Waals surface area contributed by atoms with Gasteiger partial charge < -0.3 is 21.9 Å². The molecular formula is C20H29N5O2S. The number of nitrogens with zero attached hydrogens (tertiary/aromatic N) is 2. The molecule has 1 heterocycles. The number of hydrogen-bond donors (Lipinski definition) is 4. The minimum absolute atomic E-state index is 0.0171. The summed E-state index contributed by atoms with van der Waals surface area (Å²) in [5.74, 6) is 0.751. The van der Waals surface area contributed by atoms with Crippen LogP contribution in [0.1, 0.15) is 33.1 Å². The quantitative estimate of drug-likeness (QED) is 0.243. The number of carbonyl (C=O) groups is 1. The van der Waals surface area contributed by atoms with E-state index in [2.05, 4.69) is 28.9 Å². The van der Waals surface area contributed by atoms with Gasteiger partial charge in [0.1, 0.15) is 0 Å². The van der Waals surface area contributed by atoms with Gasteiger partial charge in [0.25, 0.3) is 5.91 Å². The number of allylic oxidation sites excluding steroid dienone is 7. The zero-order valence-electron chi connectivity index (χ0n) is 16.4. The average Bonchev–Trinajstić information content (AvgIpc) is 2.91. The largest absolute Gasteiger partial charge is 0.512 e. The van der Waals surface area contributed by atoms with E-state index in [4.69, 9.17) is 11.5 Å². The van der Waals surface area contributed by atoms with E-state index >= 15 is 0 Å². The predicted octanol–water partition coefficient (Wildman–Crippen LogP) is 3.05. The highest BCUT2D eigenvalue weighted by atomic mass is 32.2. The van der Waals surface area contributed by atoms with Crippen molar-refractivity contribution in [2.75, 3.05) is 5.75 Å². The normalized spacial score (nSPS) is 19.9. The Kier molecular flexibility index (Phi) is 10.5. The molecule has 152 valence electrons. The Morgan fingerprint density at radius 1 is 1.54 bits per heavy atom. The number of carbonyl (C=O) groups excluding carboxylic acids is 1. The number of hydrogen-bond acceptors (Lipinski definition) is 7. The number of nitrogens with two attached hydrogens (primary N) is 2. The third kappa shape index (κ3) is 8.77. The number of rotatable bonds is 5. The van der Waals surface area contributed by atoms with Crippen molar-refractivity contribution < 1.29 is 9.90 Å². The molecule has 2 rings (SSSR count). The number of amides is 1. The zero-order valence-corrected chi connectivity index (χ0v) is 17.2. The Hall–Kier alpha value is -2.74. The Morgan fingerprint density at radius 2 is 2.29 bits per heavy atom. The monoisotopic (exact) mass is 403 g/mol. The SMILES string of the molecule is C=N/C(C(=O)NC1=CCC=CC=C1)=C(N)\C=C(\O)CC.CC1CCSC(N)=N1. The first-order chi connectivity index (χ1) is 13.4. The van der Waals surface area contributed by atoms with E-state index in [0.29, 0.717) is 18.2 Å². The molecule has 0 aromatic rings. The van der Waals surface area contributed by atoms with Gasteiger partial charge in [0, 0.05) is 23.9 Å². The summed E-state index contributed by atoms with van der Waals surface area (Å²) in [7, 11) is 0. The maximum absolute atomic E-state index is 12.1. The van der Waals surface area contributed by atoms with E-state index in [9.17, 15) is 9.90 Å². The number of aliphatic hydroxyl groups excluding tert-OH is 1. The van der Waals surface area contributed by atoms with E-state index in [1.54, 1.807) is 24.8 Å². The van der Waals surface area contributed by atoms with Crippen molar-refractivity contribution in [3.63, 3.8) is 0 Å². The first-order valence-electron chi connectivity index (χ1n) is 9.04. The predicted molar refractivity (Wildman–Crippen MR) is 119 cm³/mol. The van der Waals surface area contributed by atoms with Crippen LogP contribution in [0.4, 0.5) is 0 Å². The van der Waals surface area contributed by atoms with Gasteiger partial charge >= 0.3 is 0 Å². The van der Waals surface area contributed by atoms with Crippen molar-refractivity contribution in [1.29, 1.82) is 0 Å². The summed E-state index contributed by atoms with van der Waals surface area (Å²) >= 11 is 1.65. The number of aliphatic imine (C=N–C) groups is 2. The molecule has 7 nitrogen and oxygen atoms in total. The molecule has 6 N–H and O–H groups in total. The summed E-state index contributed by atoms with van der Waals surface area (Å²) < 4.78 is 0. The van der Waals surface area contributed by atoms with Crippen molar-refractivity contribution in [3.8, 4) is 0 Å². The zero-order chi connectivity index (χ0) is 20.9. The molecule has 0 spiro atoms. The molecule has 28 heavy (non-hydrogen) atoms. The third-order valence-corrected chi connectivity index (χ3v) is 4.56. The fourth-order valence-corrected chi connectivity index (χ4v) is 3.08. The van der Waals surface area contributed by atoms with Gasteiger partial charge in [-0.3, -0.25) is 14.8 Å². The third-order valence-electron chi connectivity index (χ3n) is 3.72. The molecule has 0 aromatic carbocycles. The first kappa shape index (κ1) is 23.3. The second kappa shape index (κ2) is 12.6. The molecule has 1 unspecified atom stereocenters. The lowest BCUT2D eigenvalue weighted by molar-refractivity contribution is -0.116. The van der Waals surface area contributed by atoms with Crippen LogP contribution in [0.25, 0.3) is 0 Å². The van der Waals surface area contributed by atoms with Crippen molar-refractivity contribution in [1.82, 2.24) is 5.32 Å². The highest BCUT2D eigenvalue weighted by Crippen LogP contribution is 2.13. The molecule has 1 aliphatic carbocycles. The van der Waals surface area contributed by atoms with Crippen molar-refractivity contribution in [2.45, 2.75) is 39.2 Å². The Morgan fingerprint density at radius 3 is 2.86 bits per heavy atom. The Balaban J connectivity index is 0.000000406. The van der Waals surface area contributed by atoms with Gasteiger partial charge in [-0.1, -0.05) is 43.0 Å². The van der Waals surface area contributed by atoms with Crippen LogP contribution in [-0.4, -0.2) is 34.7 Å². The van der Waals surface area contributed by atoms with Gasteiger partial charge in [-0.2, -0.15) is 0 Å². The summed E-state index contributed by atoms with van der Waals surface area (Å²) in [6, 6.07) is 0.455. The standard InChI is InChI=1S/C15H19N3O2.C5H10N2S/c1-3-12(19)10-13(16)14(17-2)15(20)18-11-8-6-4-5-7-9-11;1-4-2-3-8-5(6)7-4/h4-6,8-10,19H,2-3,7,16H2,1H3,(H,18,20);4H,2-3H2,1H3,(H2,6,7)/b12-10+,14-13+;. The van der Waals surface area contributed by atoms with Crippen LogP contribution in [0.5, 0.6) is 0 Å². The second-order valence-corrected chi connectivity index (χ2v) is 7.16. The van der Waals surface area contributed by atoms with Gasteiger partial charge in [0.2, 0.25) is 0 Å². The molecule has 1 aliphatic heterocycles. The summed E-state index contributed by atoms with van der Waals surface area (Å²) in [5, 5.41) is 12.9. The second-order valence-electron chi connectivity index (χ2n) is 6.04. The van der Waals surface area contributed by atoms with Crippen LogP contribution in [-0.2, 0) is 4.79 Å². The van der Waals surface area contributed by atoms with E-state index in [1.165, 1.54) is 12.5 Å². The molecule has 0 saturated heterocycles. The molecule has 8 heteroatoms. The lowest BCUT2D eigenvalue weighted by Crippen LogP contribution is -2.25. The smallest absolute Gasteiger partial charge is 0.276 e. The van der Waals surface area contributed by atoms with Crippen LogP contribution >= 0.6 is 11.8 Å². The van der Waals surface area contributed by atoms with Gasteiger partial charge in [0.15, 0.2) is 10.9 Å². The van der Waals surface area contributed by atoms with Crippen molar-refractivity contribution in [2.24, 2.45) is 21.5 Å². The molecule has 0 bridgehead atoms. The van der Waals surface area contributed by atoms with Crippen LogP contribution in [0, 0.1) is 0 Å². The van der Waals surface area contributed by atoms with E-state index in [1.807, 2.05) is 24.3 Å². The molecule has 0 saturated carbocycles. The first-order valence-corrected chi connectivity index (χ1v) is 10.0. The maximum atomic E-state index is 12.1. The fourth-order valence-electron chi connectivity index (χ4n) is 2.16. The minimum Gasteiger partial charge on any atom is -0.512 e. The Bertz CT molecular complexity index is 748. The van der Waals surface area contributed by atoms with Crippen LogP contribution < -0.4 is 16.8 Å². The van der Waals surface area contributed by atoms with Crippen molar-refractivity contribution >= 4 is 29.6 Å². The molecule has 1 atom stereocenters. The highest BCUT2D eigenvalue weighted by molar-refractivity contribution is 8.13. The highest BCUT2D eigenvalue weighted by Gasteiger charge is 2.12. The van der Waals surface area contributed by atoms with Gasteiger partial charge in [0.05, 0.1) is 17.5 Å². The van der Waals surface area contributed by atoms with Crippen molar-refractivity contribution in [3.05, 3.63) is 59.3 Å². The number of nitrogens with one attached hydrogen (secondary N) is 1. The number of thioether (sulfide) groups is 1. The molecule has 0 radical (unpaired) electrons. The fraction of sp³-hybridized carbons (Fsp3) is 0.350. The lowest BCUT2D eigenvalue weighted by atomic mass is 10.2.